The summed E-state index contributed by atoms with van der Waals surface area (Å²) < 4.78 is 4.95. The van der Waals surface area contributed by atoms with E-state index in [2.05, 4.69) is 10.3 Å². The molecule has 2 amide bonds. The summed E-state index contributed by atoms with van der Waals surface area (Å²) in [6.45, 7) is 5.20. The van der Waals surface area contributed by atoms with E-state index in [0.717, 1.165) is 0 Å². The van der Waals surface area contributed by atoms with Gasteiger partial charge in [0.25, 0.3) is 0 Å². The summed E-state index contributed by atoms with van der Waals surface area (Å²) in [7, 11) is 0. The van der Waals surface area contributed by atoms with Crippen LogP contribution in [0.25, 0.3) is 0 Å². The lowest BCUT2D eigenvalue weighted by Gasteiger charge is -2.19. The molecule has 1 N–H and O–H groups in total. The normalized spacial score (nSPS) is 10.8. The van der Waals surface area contributed by atoms with Crippen LogP contribution >= 0.6 is 0 Å². The number of aromatic nitrogens is 1. The van der Waals surface area contributed by atoms with Crippen molar-refractivity contribution in [2.24, 2.45) is 0 Å². The Bertz CT molecular complexity index is 396. The Hall–Kier alpha value is -1.91. The van der Waals surface area contributed by atoms with Crippen molar-refractivity contribution in [2.75, 3.05) is 0 Å². The van der Waals surface area contributed by atoms with E-state index in [9.17, 15) is 9.59 Å². The second-order valence-electron chi connectivity index (χ2n) is 4.55. The number of pyridine rings is 1. The summed E-state index contributed by atoms with van der Waals surface area (Å²) in [5, 5.41) is 2.14. The number of rotatable bonds is 2. The Kier molecular flexibility index (Phi) is 4.20. The molecule has 0 aliphatic heterocycles. The predicted molar refractivity (Wildman–Crippen MR) is 62.3 cm³/mol. The molecule has 0 saturated heterocycles. The monoisotopic (exact) mass is 236 g/mol. The van der Waals surface area contributed by atoms with Crippen LogP contribution in [0.4, 0.5) is 4.79 Å². The molecule has 17 heavy (non-hydrogen) atoms. The number of amides is 2. The van der Waals surface area contributed by atoms with Crippen LogP contribution in [-0.2, 0) is 16.0 Å². The standard InChI is InChI=1S/C12H16N2O3/c1-12(2,3)17-11(16)14-10(15)8-9-6-4-5-7-13-9/h4-7H,8H2,1-3H3,(H,14,15,16). The van der Waals surface area contributed by atoms with Gasteiger partial charge >= 0.3 is 6.09 Å². The van der Waals surface area contributed by atoms with Crippen molar-refractivity contribution in [3.05, 3.63) is 30.1 Å². The SMILES string of the molecule is CC(C)(C)OC(=O)NC(=O)Cc1ccccn1. The molecule has 1 rings (SSSR count). The van der Waals surface area contributed by atoms with E-state index in [1.54, 1.807) is 45.2 Å². The molecule has 0 aliphatic carbocycles. The van der Waals surface area contributed by atoms with Gasteiger partial charge in [-0.2, -0.15) is 0 Å². The highest BCUT2D eigenvalue weighted by Crippen LogP contribution is 2.06. The minimum Gasteiger partial charge on any atom is -0.444 e. The molecule has 0 saturated carbocycles. The summed E-state index contributed by atoms with van der Waals surface area (Å²) in [6.07, 6.45) is 0.911. The zero-order valence-corrected chi connectivity index (χ0v) is 10.2. The first-order valence-electron chi connectivity index (χ1n) is 5.29. The van der Waals surface area contributed by atoms with Crippen molar-refractivity contribution >= 4 is 12.0 Å². The minimum absolute atomic E-state index is 0.0556. The molecular weight excluding hydrogens is 220 g/mol. The van der Waals surface area contributed by atoms with Gasteiger partial charge in [0.05, 0.1) is 6.42 Å². The molecule has 0 bridgehead atoms. The van der Waals surface area contributed by atoms with Crippen molar-refractivity contribution < 1.29 is 14.3 Å². The van der Waals surface area contributed by atoms with E-state index in [-0.39, 0.29) is 6.42 Å². The Morgan fingerprint density at radius 3 is 2.59 bits per heavy atom. The number of carbonyl (C=O) groups is 2. The van der Waals surface area contributed by atoms with Crippen LogP contribution in [0.2, 0.25) is 0 Å². The van der Waals surface area contributed by atoms with E-state index in [1.807, 2.05) is 0 Å². The van der Waals surface area contributed by atoms with Crippen LogP contribution in [0.15, 0.2) is 24.4 Å². The average molecular weight is 236 g/mol. The fraction of sp³-hybridized carbons (Fsp3) is 0.417. The molecule has 5 nitrogen and oxygen atoms in total. The molecule has 1 aromatic heterocycles. The molecule has 1 aromatic rings. The first kappa shape index (κ1) is 13.2. The fourth-order valence-corrected chi connectivity index (χ4v) is 1.13. The number of nitrogens with zero attached hydrogens (tertiary/aromatic N) is 1. The summed E-state index contributed by atoms with van der Waals surface area (Å²) in [5.41, 5.74) is -0.0106. The van der Waals surface area contributed by atoms with Gasteiger partial charge in [-0.25, -0.2) is 4.79 Å². The largest absolute Gasteiger partial charge is 0.444 e. The smallest absolute Gasteiger partial charge is 0.414 e. The quantitative estimate of drug-likeness (QED) is 0.848. The Labute approximate surface area is 100 Å². The number of carbonyl (C=O) groups excluding carboxylic acids is 2. The van der Waals surface area contributed by atoms with E-state index in [4.69, 9.17) is 4.74 Å². The lowest BCUT2D eigenvalue weighted by molar-refractivity contribution is -0.120. The highest BCUT2D eigenvalue weighted by Gasteiger charge is 2.18. The van der Waals surface area contributed by atoms with E-state index < -0.39 is 17.6 Å². The average Bonchev–Trinajstić information content (AvgIpc) is 2.15. The Morgan fingerprint density at radius 2 is 2.06 bits per heavy atom. The summed E-state index contributed by atoms with van der Waals surface area (Å²) in [4.78, 5) is 26.7. The van der Waals surface area contributed by atoms with Crippen LogP contribution in [0, 0.1) is 0 Å². The lowest BCUT2D eigenvalue weighted by atomic mass is 10.2. The molecule has 0 atom stereocenters. The van der Waals surface area contributed by atoms with Crippen LogP contribution < -0.4 is 5.32 Å². The van der Waals surface area contributed by atoms with Gasteiger partial charge in [-0.15, -0.1) is 0 Å². The molecule has 0 spiro atoms. The molecule has 0 unspecified atom stereocenters. The first-order valence-corrected chi connectivity index (χ1v) is 5.29. The number of ether oxygens (including phenoxy) is 1. The third kappa shape index (κ3) is 5.65. The van der Waals surface area contributed by atoms with Gasteiger partial charge < -0.3 is 4.74 Å². The van der Waals surface area contributed by atoms with Crippen molar-refractivity contribution in [3.8, 4) is 0 Å². The summed E-state index contributed by atoms with van der Waals surface area (Å²) in [5.74, 6) is -0.432. The van der Waals surface area contributed by atoms with Crippen molar-refractivity contribution in [3.63, 3.8) is 0 Å². The van der Waals surface area contributed by atoms with Crippen molar-refractivity contribution in [2.45, 2.75) is 32.8 Å². The number of imide groups is 1. The summed E-state index contributed by atoms with van der Waals surface area (Å²) in [6, 6.07) is 5.26. The molecular formula is C12H16N2O3. The second kappa shape index (κ2) is 5.43. The van der Waals surface area contributed by atoms with Gasteiger partial charge in [0, 0.05) is 11.9 Å². The van der Waals surface area contributed by atoms with Gasteiger partial charge in [-0.1, -0.05) is 6.07 Å². The number of nitrogens with one attached hydrogen (secondary N) is 1. The van der Waals surface area contributed by atoms with Gasteiger partial charge in [-0.05, 0) is 32.9 Å². The van der Waals surface area contributed by atoms with Crippen LogP contribution in [-0.4, -0.2) is 22.6 Å². The molecule has 1 heterocycles. The maximum Gasteiger partial charge on any atom is 0.414 e. The molecule has 0 aliphatic rings. The van der Waals surface area contributed by atoms with E-state index >= 15 is 0 Å². The maximum absolute atomic E-state index is 11.5. The maximum atomic E-state index is 11.5. The zero-order valence-electron chi connectivity index (χ0n) is 10.2. The van der Waals surface area contributed by atoms with Gasteiger partial charge in [-0.3, -0.25) is 15.1 Å². The number of hydrogen-bond acceptors (Lipinski definition) is 4. The molecule has 0 fully saturated rings. The molecule has 92 valence electrons. The third-order valence-electron chi connectivity index (χ3n) is 1.71. The van der Waals surface area contributed by atoms with Crippen molar-refractivity contribution in [1.29, 1.82) is 0 Å². The predicted octanol–water partition coefficient (Wildman–Crippen LogP) is 1.68. The highest BCUT2D eigenvalue weighted by molar-refractivity contribution is 5.92. The molecule has 0 aromatic carbocycles. The van der Waals surface area contributed by atoms with Gasteiger partial charge in [0.2, 0.25) is 5.91 Å². The summed E-state index contributed by atoms with van der Waals surface area (Å²) >= 11 is 0. The molecule has 0 radical (unpaired) electrons. The number of hydrogen-bond donors (Lipinski definition) is 1. The van der Waals surface area contributed by atoms with Crippen LogP contribution in [0.1, 0.15) is 26.5 Å². The topological polar surface area (TPSA) is 68.3 Å². The minimum atomic E-state index is -0.738. The fourth-order valence-electron chi connectivity index (χ4n) is 1.13. The third-order valence-corrected chi connectivity index (χ3v) is 1.71. The van der Waals surface area contributed by atoms with Gasteiger partial charge in [0.15, 0.2) is 0 Å². The second-order valence-corrected chi connectivity index (χ2v) is 4.55. The van der Waals surface area contributed by atoms with E-state index in [1.165, 1.54) is 0 Å². The van der Waals surface area contributed by atoms with E-state index in [0.29, 0.717) is 5.69 Å². The Morgan fingerprint density at radius 1 is 1.35 bits per heavy atom. The lowest BCUT2D eigenvalue weighted by Crippen LogP contribution is -2.37. The van der Waals surface area contributed by atoms with Gasteiger partial charge in [0.1, 0.15) is 5.60 Å². The van der Waals surface area contributed by atoms with Crippen molar-refractivity contribution in [1.82, 2.24) is 10.3 Å². The van der Waals surface area contributed by atoms with Crippen LogP contribution in [0.3, 0.4) is 0 Å². The first-order chi connectivity index (χ1) is 7.87. The molecule has 5 heteroatoms. The highest BCUT2D eigenvalue weighted by atomic mass is 16.6. The Balaban J connectivity index is 2.43. The zero-order chi connectivity index (χ0) is 12.9. The van der Waals surface area contributed by atoms with Crippen LogP contribution in [0.5, 0.6) is 0 Å². The number of alkyl carbamates (subject to hydrolysis) is 1.